The molecular weight excluding hydrogens is 196 g/mol. The van der Waals surface area contributed by atoms with Crippen LogP contribution in [0.25, 0.3) is 0 Å². The van der Waals surface area contributed by atoms with Gasteiger partial charge in [-0.2, -0.15) is 0 Å². The second kappa shape index (κ2) is 4.40. The number of Topliss-reactive ketones (excluding diaryl/α,β-unsaturated/α-hetero) is 1. The summed E-state index contributed by atoms with van der Waals surface area (Å²) >= 11 is 0. The summed E-state index contributed by atoms with van der Waals surface area (Å²) in [4.78, 5) is 12.2. The van der Waals surface area contributed by atoms with Gasteiger partial charge in [0.15, 0.2) is 5.78 Å². The number of carbonyl (C=O) groups excluding carboxylic acids is 1. The lowest BCUT2D eigenvalue weighted by Gasteiger charge is -2.25. The highest BCUT2D eigenvalue weighted by Gasteiger charge is 2.27. The van der Waals surface area contributed by atoms with E-state index in [0.717, 1.165) is 24.0 Å². The average molecular weight is 216 g/mol. The average Bonchev–Trinajstić information content (AvgIpc) is 2.15. The van der Waals surface area contributed by atoms with Gasteiger partial charge in [-0.1, -0.05) is 32.4 Å². The van der Waals surface area contributed by atoms with Gasteiger partial charge in [-0.05, 0) is 42.9 Å². The van der Waals surface area contributed by atoms with Gasteiger partial charge in [0.05, 0.1) is 0 Å². The molecule has 1 aliphatic rings. The molecule has 1 fully saturated rings. The van der Waals surface area contributed by atoms with Gasteiger partial charge >= 0.3 is 0 Å². The molecule has 0 N–H and O–H groups in total. The van der Waals surface area contributed by atoms with Crippen LogP contribution in [0, 0.1) is 12.8 Å². The Bertz CT molecular complexity index is 400. The van der Waals surface area contributed by atoms with E-state index < -0.39 is 0 Å². The van der Waals surface area contributed by atoms with E-state index in [1.54, 1.807) is 0 Å². The standard InChI is InChI=1S/C15H20O/c1-10(2)13-8-7-11(3)14(9-13)15(16)12-5-4-6-12/h7-10,12H,4-6H2,1-3H3. The lowest BCUT2D eigenvalue weighted by atomic mass is 9.78. The molecule has 0 amide bonds. The van der Waals surface area contributed by atoms with Crippen LogP contribution in [-0.4, -0.2) is 5.78 Å². The predicted molar refractivity (Wildman–Crippen MR) is 66.9 cm³/mol. The zero-order valence-electron chi connectivity index (χ0n) is 10.4. The maximum atomic E-state index is 12.2. The van der Waals surface area contributed by atoms with E-state index in [1.165, 1.54) is 12.0 Å². The number of hydrogen-bond donors (Lipinski definition) is 0. The van der Waals surface area contributed by atoms with Crippen molar-refractivity contribution < 1.29 is 4.79 Å². The maximum absolute atomic E-state index is 12.2. The van der Waals surface area contributed by atoms with Gasteiger partial charge < -0.3 is 0 Å². The van der Waals surface area contributed by atoms with Crippen molar-refractivity contribution in [1.29, 1.82) is 0 Å². The molecule has 0 saturated heterocycles. The van der Waals surface area contributed by atoms with Crippen LogP contribution in [0.5, 0.6) is 0 Å². The maximum Gasteiger partial charge on any atom is 0.166 e. The highest BCUT2D eigenvalue weighted by atomic mass is 16.1. The summed E-state index contributed by atoms with van der Waals surface area (Å²) in [6.45, 7) is 6.38. The molecule has 1 aliphatic carbocycles. The first-order valence-electron chi connectivity index (χ1n) is 6.24. The Morgan fingerprint density at radius 1 is 1.31 bits per heavy atom. The fraction of sp³-hybridized carbons (Fsp3) is 0.533. The Hall–Kier alpha value is -1.11. The van der Waals surface area contributed by atoms with Gasteiger partial charge in [-0.15, -0.1) is 0 Å². The van der Waals surface area contributed by atoms with Gasteiger partial charge in [0.2, 0.25) is 0 Å². The van der Waals surface area contributed by atoms with Crippen molar-refractivity contribution in [3.63, 3.8) is 0 Å². The molecule has 2 rings (SSSR count). The molecular formula is C15H20O. The molecule has 0 aliphatic heterocycles. The summed E-state index contributed by atoms with van der Waals surface area (Å²) < 4.78 is 0. The van der Waals surface area contributed by atoms with Crippen molar-refractivity contribution in [3.05, 3.63) is 34.9 Å². The minimum atomic E-state index is 0.307. The van der Waals surface area contributed by atoms with E-state index in [-0.39, 0.29) is 0 Å². The fourth-order valence-corrected chi connectivity index (χ4v) is 2.15. The smallest absolute Gasteiger partial charge is 0.166 e. The molecule has 0 heterocycles. The highest BCUT2D eigenvalue weighted by molar-refractivity contribution is 5.99. The van der Waals surface area contributed by atoms with Gasteiger partial charge in [-0.25, -0.2) is 0 Å². The Morgan fingerprint density at radius 3 is 2.50 bits per heavy atom. The van der Waals surface area contributed by atoms with E-state index in [9.17, 15) is 4.79 Å². The van der Waals surface area contributed by atoms with Crippen LogP contribution < -0.4 is 0 Å². The summed E-state index contributed by atoms with van der Waals surface area (Å²) in [6.07, 6.45) is 3.40. The van der Waals surface area contributed by atoms with E-state index in [1.807, 2.05) is 6.92 Å². The van der Waals surface area contributed by atoms with Crippen LogP contribution in [0.15, 0.2) is 18.2 Å². The molecule has 0 aromatic heterocycles. The predicted octanol–water partition coefficient (Wildman–Crippen LogP) is 4.10. The van der Waals surface area contributed by atoms with Crippen LogP contribution in [0.4, 0.5) is 0 Å². The van der Waals surface area contributed by atoms with Crippen LogP contribution in [0.1, 0.15) is 60.5 Å². The molecule has 86 valence electrons. The number of aryl methyl sites for hydroxylation is 1. The number of benzene rings is 1. The summed E-state index contributed by atoms with van der Waals surface area (Å²) in [5.41, 5.74) is 3.35. The quantitative estimate of drug-likeness (QED) is 0.695. The third-order valence-corrected chi connectivity index (χ3v) is 3.67. The lowest BCUT2D eigenvalue weighted by Crippen LogP contribution is -2.22. The zero-order chi connectivity index (χ0) is 11.7. The largest absolute Gasteiger partial charge is 0.294 e. The molecule has 1 heteroatoms. The van der Waals surface area contributed by atoms with Crippen LogP contribution in [-0.2, 0) is 0 Å². The van der Waals surface area contributed by atoms with E-state index in [4.69, 9.17) is 0 Å². The molecule has 0 radical (unpaired) electrons. The summed E-state index contributed by atoms with van der Waals surface area (Å²) in [7, 11) is 0. The monoisotopic (exact) mass is 216 g/mol. The van der Waals surface area contributed by atoms with Crippen molar-refractivity contribution >= 4 is 5.78 Å². The molecule has 0 bridgehead atoms. The first-order valence-corrected chi connectivity index (χ1v) is 6.24. The number of rotatable bonds is 3. The second-order valence-electron chi connectivity index (χ2n) is 5.22. The first kappa shape index (κ1) is 11.4. The zero-order valence-corrected chi connectivity index (χ0v) is 10.4. The summed E-state index contributed by atoms with van der Waals surface area (Å²) in [6, 6.07) is 6.32. The second-order valence-corrected chi connectivity index (χ2v) is 5.22. The molecule has 1 aromatic rings. The van der Waals surface area contributed by atoms with Crippen molar-refractivity contribution in [2.24, 2.45) is 5.92 Å². The van der Waals surface area contributed by atoms with E-state index in [0.29, 0.717) is 17.6 Å². The van der Waals surface area contributed by atoms with Crippen molar-refractivity contribution in [2.75, 3.05) is 0 Å². The minimum Gasteiger partial charge on any atom is -0.294 e. The summed E-state index contributed by atoms with van der Waals surface area (Å²) in [5, 5.41) is 0. The van der Waals surface area contributed by atoms with E-state index in [2.05, 4.69) is 32.0 Å². The first-order chi connectivity index (χ1) is 7.59. The third-order valence-electron chi connectivity index (χ3n) is 3.67. The van der Waals surface area contributed by atoms with Crippen molar-refractivity contribution in [3.8, 4) is 0 Å². The fourth-order valence-electron chi connectivity index (χ4n) is 2.15. The van der Waals surface area contributed by atoms with Crippen LogP contribution in [0.2, 0.25) is 0 Å². The Labute approximate surface area is 97.9 Å². The molecule has 1 saturated carbocycles. The molecule has 0 spiro atoms. The van der Waals surface area contributed by atoms with Gasteiger partial charge in [0.1, 0.15) is 0 Å². The van der Waals surface area contributed by atoms with Crippen molar-refractivity contribution in [1.82, 2.24) is 0 Å². The normalized spacial score (nSPS) is 16.2. The Morgan fingerprint density at radius 2 is 2.00 bits per heavy atom. The van der Waals surface area contributed by atoms with Crippen LogP contribution >= 0.6 is 0 Å². The molecule has 1 nitrogen and oxygen atoms in total. The molecule has 16 heavy (non-hydrogen) atoms. The summed E-state index contributed by atoms with van der Waals surface area (Å²) in [5.74, 6) is 1.17. The highest BCUT2D eigenvalue weighted by Crippen LogP contribution is 2.31. The van der Waals surface area contributed by atoms with Gasteiger partial charge in [-0.3, -0.25) is 4.79 Å². The number of ketones is 1. The molecule has 0 atom stereocenters. The molecule has 1 aromatic carbocycles. The third kappa shape index (κ3) is 2.04. The minimum absolute atomic E-state index is 0.307. The number of hydrogen-bond acceptors (Lipinski definition) is 1. The van der Waals surface area contributed by atoms with Crippen molar-refractivity contribution in [2.45, 2.75) is 46.0 Å². The van der Waals surface area contributed by atoms with E-state index >= 15 is 0 Å². The Balaban J connectivity index is 2.30. The van der Waals surface area contributed by atoms with Crippen LogP contribution in [0.3, 0.4) is 0 Å². The van der Waals surface area contributed by atoms with Gasteiger partial charge in [0.25, 0.3) is 0 Å². The topological polar surface area (TPSA) is 17.1 Å². The molecule has 0 unspecified atom stereocenters. The number of carbonyl (C=O) groups is 1. The Kier molecular flexibility index (Phi) is 3.13. The SMILES string of the molecule is Cc1ccc(C(C)C)cc1C(=O)C1CCC1. The van der Waals surface area contributed by atoms with Gasteiger partial charge in [0, 0.05) is 11.5 Å². The lowest BCUT2D eigenvalue weighted by molar-refractivity contribution is 0.0854.